The van der Waals surface area contributed by atoms with Crippen LogP contribution in [0.4, 0.5) is 5.69 Å². The summed E-state index contributed by atoms with van der Waals surface area (Å²) in [6.45, 7) is 9.23. The highest BCUT2D eigenvalue weighted by Gasteiger charge is 2.35. The number of amides is 1. The van der Waals surface area contributed by atoms with Gasteiger partial charge in [0, 0.05) is 6.54 Å². The first-order chi connectivity index (χ1) is 12.4. The fourth-order valence-corrected chi connectivity index (χ4v) is 3.28. The van der Waals surface area contributed by atoms with Gasteiger partial charge in [-0.1, -0.05) is 37.6 Å². The van der Waals surface area contributed by atoms with Crippen molar-refractivity contribution in [2.45, 2.75) is 40.0 Å². The first kappa shape index (κ1) is 18.2. The second-order valence-electron chi connectivity index (χ2n) is 7.20. The molecule has 0 aromatic heterocycles. The fourth-order valence-electron chi connectivity index (χ4n) is 3.28. The molecule has 0 spiro atoms. The number of benzene rings is 2. The minimum absolute atomic E-state index is 0.387. The van der Waals surface area contributed by atoms with E-state index in [-0.39, 0.29) is 0 Å². The van der Waals surface area contributed by atoms with Crippen LogP contribution in [0.5, 0.6) is 5.75 Å². The van der Waals surface area contributed by atoms with E-state index in [9.17, 15) is 9.59 Å². The molecule has 1 heterocycles. The number of ether oxygens (including phenoxy) is 1. The van der Waals surface area contributed by atoms with Gasteiger partial charge in [-0.2, -0.15) is 0 Å². The molecule has 2 aromatic carbocycles. The van der Waals surface area contributed by atoms with Crippen LogP contribution in [0.3, 0.4) is 0 Å². The summed E-state index contributed by atoms with van der Waals surface area (Å²) in [5, 5.41) is 0. The molecule has 4 nitrogen and oxygen atoms in total. The molecular weight excluding hydrogens is 326 g/mol. The molecule has 0 atom stereocenters. The van der Waals surface area contributed by atoms with E-state index in [4.69, 9.17) is 4.74 Å². The Kier molecular flexibility index (Phi) is 5.12. The third kappa shape index (κ3) is 3.50. The van der Waals surface area contributed by atoms with E-state index < -0.39 is 11.7 Å². The highest BCUT2D eigenvalue weighted by Crippen LogP contribution is 2.30. The monoisotopic (exact) mass is 351 g/mol. The van der Waals surface area contributed by atoms with Gasteiger partial charge in [0.05, 0.1) is 17.9 Å². The van der Waals surface area contributed by atoms with Gasteiger partial charge in [-0.15, -0.1) is 0 Å². The maximum Gasteiger partial charge on any atom is 0.299 e. The summed E-state index contributed by atoms with van der Waals surface area (Å²) in [4.78, 5) is 26.0. The average Bonchev–Trinajstić information content (AvgIpc) is 2.82. The Morgan fingerprint density at radius 1 is 1.00 bits per heavy atom. The molecule has 0 fully saturated rings. The van der Waals surface area contributed by atoms with Crippen molar-refractivity contribution in [3.05, 3.63) is 58.7 Å². The predicted octanol–water partition coefficient (Wildman–Crippen LogP) is 4.43. The van der Waals surface area contributed by atoms with Gasteiger partial charge in [-0.3, -0.25) is 9.59 Å². The molecule has 136 valence electrons. The van der Waals surface area contributed by atoms with E-state index in [1.54, 1.807) is 11.0 Å². The first-order valence-corrected chi connectivity index (χ1v) is 9.08. The lowest BCUT2D eigenvalue weighted by Crippen LogP contribution is -2.31. The van der Waals surface area contributed by atoms with Crippen LogP contribution >= 0.6 is 0 Å². The van der Waals surface area contributed by atoms with Crippen LogP contribution in [0.15, 0.2) is 36.4 Å². The Morgan fingerprint density at radius 3 is 2.42 bits per heavy atom. The zero-order chi connectivity index (χ0) is 18.8. The molecule has 0 aliphatic carbocycles. The summed E-state index contributed by atoms with van der Waals surface area (Å²) < 4.78 is 5.99. The summed E-state index contributed by atoms with van der Waals surface area (Å²) >= 11 is 0. The second kappa shape index (κ2) is 7.32. The minimum Gasteiger partial charge on any atom is -0.493 e. The number of anilines is 1. The fraction of sp³-hybridized carbons (Fsp3) is 0.364. The zero-order valence-corrected chi connectivity index (χ0v) is 15.8. The topological polar surface area (TPSA) is 46.6 Å². The maximum atomic E-state index is 12.3. The average molecular weight is 351 g/mol. The smallest absolute Gasteiger partial charge is 0.299 e. The highest BCUT2D eigenvalue weighted by molar-refractivity contribution is 6.52. The predicted molar refractivity (Wildman–Crippen MR) is 103 cm³/mol. The van der Waals surface area contributed by atoms with Gasteiger partial charge in [0.25, 0.3) is 11.7 Å². The molecule has 2 aromatic rings. The van der Waals surface area contributed by atoms with Gasteiger partial charge in [0.2, 0.25) is 0 Å². The van der Waals surface area contributed by atoms with Gasteiger partial charge >= 0.3 is 0 Å². The number of carbonyl (C=O) groups is 2. The molecule has 0 bridgehead atoms. The van der Waals surface area contributed by atoms with Crippen molar-refractivity contribution in [1.82, 2.24) is 0 Å². The van der Waals surface area contributed by atoms with Crippen molar-refractivity contribution in [2.24, 2.45) is 0 Å². The Bertz CT molecular complexity index is 854. The molecule has 0 unspecified atom stereocenters. The number of fused-ring (bicyclic) bond motifs is 1. The van der Waals surface area contributed by atoms with Crippen LogP contribution in [-0.4, -0.2) is 24.8 Å². The van der Waals surface area contributed by atoms with E-state index in [1.807, 2.05) is 26.0 Å². The number of ketones is 1. The molecule has 0 saturated heterocycles. The second-order valence-corrected chi connectivity index (χ2v) is 7.20. The number of rotatable bonds is 6. The SMILES string of the molecule is Cc1ccc(C(C)C)c(OCCCN2C(=O)C(=O)c3cc(C)ccc32)c1. The molecule has 0 radical (unpaired) electrons. The summed E-state index contributed by atoms with van der Waals surface area (Å²) in [5.41, 5.74) is 4.55. The van der Waals surface area contributed by atoms with Crippen LogP contribution in [0.25, 0.3) is 0 Å². The van der Waals surface area contributed by atoms with Crippen molar-refractivity contribution < 1.29 is 14.3 Å². The lowest BCUT2D eigenvalue weighted by molar-refractivity contribution is -0.114. The number of carbonyl (C=O) groups excluding carboxylic acids is 2. The van der Waals surface area contributed by atoms with E-state index in [2.05, 4.69) is 32.0 Å². The molecule has 1 aliphatic heterocycles. The third-order valence-corrected chi connectivity index (χ3v) is 4.70. The summed E-state index contributed by atoms with van der Waals surface area (Å²) in [5.74, 6) is 0.438. The molecule has 0 saturated carbocycles. The van der Waals surface area contributed by atoms with Crippen LogP contribution < -0.4 is 9.64 Å². The van der Waals surface area contributed by atoms with Gasteiger partial charge in [0.15, 0.2) is 0 Å². The normalized spacial score (nSPS) is 13.5. The maximum absolute atomic E-state index is 12.3. The Labute approximate surface area is 154 Å². The van der Waals surface area contributed by atoms with Gasteiger partial charge in [-0.05, 0) is 55.5 Å². The quantitative estimate of drug-likeness (QED) is 0.571. The number of nitrogens with zero attached hydrogens (tertiary/aromatic N) is 1. The van der Waals surface area contributed by atoms with Crippen LogP contribution in [0.1, 0.15) is 53.2 Å². The number of Topliss-reactive ketones (excluding diaryl/α,β-unsaturated/α-hetero) is 1. The molecule has 1 amide bonds. The summed E-state index contributed by atoms with van der Waals surface area (Å²) in [6, 6.07) is 11.8. The first-order valence-electron chi connectivity index (χ1n) is 9.08. The molecular formula is C22H25NO3. The van der Waals surface area contributed by atoms with E-state index in [0.29, 0.717) is 36.7 Å². The molecule has 0 N–H and O–H groups in total. The van der Waals surface area contributed by atoms with Gasteiger partial charge < -0.3 is 9.64 Å². The Hall–Kier alpha value is -2.62. The molecule has 26 heavy (non-hydrogen) atoms. The van der Waals surface area contributed by atoms with E-state index in [0.717, 1.165) is 16.9 Å². The van der Waals surface area contributed by atoms with Crippen LogP contribution in [-0.2, 0) is 4.79 Å². The molecule has 1 aliphatic rings. The number of hydrogen-bond donors (Lipinski definition) is 0. The Balaban J connectivity index is 1.64. The lowest BCUT2D eigenvalue weighted by Gasteiger charge is -2.18. The summed E-state index contributed by atoms with van der Waals surface area (Å²) in [6.07, 6.45) is 0.664. The molecule has 4 heteroatoms. The van der Waals surface area contributed by atoms with Crippen molar-refractivity contribution in [3.63, 3.8) is 0 Å². The van der Waals surface area contributed by atoms with Crippen molar-refractivity contribution in [3.8, 4) is 5.75 Å². The number of hydrogen-bond acceptors (Lipinski definition) is 3. The van der Waals surface area contributed by atoms with Crippen LogP contribution in [0, 0.1) is 13.8 Å². The van der Waals surface area contributed by atoms with Crippen LogP contribution in [0.2, 0.25) is 0 Å². The van der Waals surface area contributed by atoms with E-state index >= 15 is 0 Å². The molecule has 3 rings (SSSR count). The van der Waals surface area contributed by atoms with Gasteiger partial charge in [0.1, 0.15) is 5.75 Å². The largest absolute Gasteiger partial charge is 0.493 e. The number of aryl methyl sites for hydroxylation is 2. The van der Waals surface area contributed by atoms with Gasteiger partial charge in [-0.25, -0.2) is 0 Å². The minimum atomic E-state index is -0.441. The van der Waals surface area contributed by atoms with Crippen molar-refractivity contribution in [1.29, 1.82) is 0 Å². The Morgan fingerprint density at radius 2 is 1.69 bits per heavy atom. The standard InChI is InChI=1S/C22H25NO3/c1-14(2)17-8-6-16(4)13-20(17)26-11-5-10-23-19-9-7-15(3)12-18(19)21(24)22(23)25/h6-9,12-14H,5,10-11H2,1-4H3. The van der Waals surface area contributed by atoms with E-state index in [1.165, 1.54) is 5.56 Å². The van der Waals surface area contributed by atoms with Crippen molar-refractivity contribution >= 4 is 17.4 Å². The zero-order valence-electron chi connectivity index (χ0n) is 15.8. The highest BCUT2D eigenvalue weighted by atomic mass is 16.5. The lowest BCUT2D eigenvalue weighted by atomic mass is 10.0. The van der Waals surface area contributed by atoms with Crippen molar-refractivity contribution in [2.75, 3.05) is 18.1 Å². The third-order valence-electron chi connectivity index (χ3n) is 4.70. The summed E-state index contributed by atoms with van der Waals surface area (Å²) in [7, 11) is 0.